The first-order chi connectivity index (χ1) is 7.57. The van der Waals surface area contributed by atoms with Crippen LogP contribution in [0.5, 0.6) is 0 Å². The minimum atomic E-state index is 0.520. The van der Waals surface area contributed by atoms with Crippen LogP contribution in [0.15, 0.2) is 36.4 Å². The molecule has 0 unspecified atom stereocenters. The average Bonchev–Trinajstić information content (AvgIpc) is 2.25. The number of rotatable bonds is 4. The topological polar surface area (TPSA) is 3.24 Å². The zero-order valence-electron chi connectivity index (χ0n) is 11.1. The monoisotopic (exact) mass is 217 g/mol. The Labute approximate surface area is 99.8 Å². The Balaban J connectivity index is 3.07. The van der Waals surface area contributed by atoms with E-state index in [1.165, 1.54) is 11.3 Å². The summed E-state index contributed by atoms with van der Waals surface area (Å²) in [6, 6.07) is 11.6. The maximum absolute atomic E-state index is 2.45. The summed E-state index contributed by atoms with van der Waals surface area (Å²) >= 11 is 0. The van der Waals surface area contributed by atoms with Crippen molar-refractivity contribution in [3.05, 3.63) is 42.0 Å². The van der Waals surface area contributed by atoms with Gasteiger partial charge in [-0.25, -0.2) is 0 Å². The van der Waals surface area contributed by atoms with Gasteiger partial charge in [0, 0.05) is 17.8 Å². The van der Waals surface area contributed by atoms with Crippen LogP contribution in [0.25, 0.3) is 5.70 Å². The lowest BCUT2D eigenvalue weighted by Crippen LogP contribution is -2.35. The van der Waals surface area contributed by atoms with Crippen LogP contribution in [0.4, 0.5) is 0 Å². The highest BCUT2D eigenvalue weighted by atomic mass is 15.2. The van der Waals surface area contributed by atoms with Crippen LogP contribution in [0.3, 0.4) is 0 Å². The molecule has 1 nitrogen and oxygen atoms in total. The van der Waals surface area contributed by atoms with E-state index < -0.39 is 0 Å². The second kappa shape index (κ2) is 5.74. The summed E-state index contributed by atoms with van der Waals surface area (Å²) in [5.41, 5.74) is 2.62. The third kappa shape index (κ3) is 2.88. The molecule has 0 saturated heterocycles. The van der Waals surface area contributed by atoms with Crippen molar-refractivity contribution in [2.45, 2.75) is 46.7 Å². The van der Waals surface area contributed by atoms with E-state index in [1.54, 1.807) is 0 Å². The number of allylic oxidation sites excluding steroid dienone is 1. The first-order valence-electron chi connectivity index (χ1n) is 6.08. The van der Waals surface area contributed by atoms with Crippen LogP contribution in [0, 0.1) is 0 Å². The molecule has 0 atom stereocenters. The molecule has 1 heteroatoms. The van der Waals surface area contributed by atoms with E-state index in [0.29, 0.717) is 12.1 Å². The van der Waals surface area contributed by atoms with Crippen molar-refractivity contribution >= 4 is 5.70 Å². The van der Waals surface area contributed by atoms with Gasteiger partial charge in [-0.2, -0.15) is 0 Å². The third-order valence-corrected chi connectivity index (χ3v) is 2.73. The van der Waals surface area contributed by atoms with Crippen molar-refractivity contribution in [1.29, 1.82) is 0 Å². The highest BCUT2D eigenvalue weighted by Gasteiger charge is 2.16. The fraction of sp³-hybridized carbons (Fsp3) is 0.467. The molecule has 16 heavy (non-hydrogen) atoms. The van der Waals surface area contributed by atoms with Crippen LogP contribution in [-0.2, 0) is 0 Å². The Bertz CT molecular complexity index is 328. The van der Waals surface area contributed by atoms with E-state index in [0.717, 1.165) is 0 Å². The number of nitrogens with zero attached hydrogens (tertiary/aromatic N) is 1. The van der Waals surface area contributed by atoms with Crippen LogP contribution >= 0.6 is 0 Å². The SMILES string of the molecule is C/C=C(/c1ccccc1)N(C(C)C)C(C)C. The Morgan fingerprint density at radius 1 is 1.00 bits per heavy atom. The predicted octanol–water partition coefficient (Wildman–Crippen LogP) is 4.17. The van der Waals surface area contributed by atoms with Crippen molar-refractivity contribution in [3.8, 4) is 0 Å². The summed E-state index contributed by atoms with van der Waals surface area (Å²) in [6.45, 7) is 11.1. The zero-order chi connectivity index (χ0) is 12.1. The van der Waals surface area contributed by atoms with Gasteiger partial charge in [-0.3, -0.25) is 0 Å². The molecular weight excluding hydrogens is 194 g/mol. The standard InChI is InChI=1S/C15H23N/c1-6-15(14-10-8-7-9-11-14)16(12(2)3)13(4)5/h6-13H,1-5H3/b15-6-. The molecule has 0 bridgehead atoms. The molecule has 0 aliphatic rings. The molecule has 0 spiro atoms. The first-order valence-corrected chi connectivity index (χ1v) is 6.08. The Hall–Kier alpha value is -1.24. The van der Waals surface area contributed by atoms with Crippen molar-refractivity contribution in [1.82, 2.24) is 4.90 Å². The molecule has 0 aliphatic carbocycles. The summed E-state index contributed by atoms with van der Waals surface area (Å²) in [6.07, 6.45) is 2.20. The minimum Gasteiger partial charge on any atom is -0.366 e. The van der Waals surface area contributed by atoms with Gasteiger partial charge >= 0.3 is 0 Å². The summed E-state index contributed by atoms with van der Waals surface area (Å²) in [7, 11) is 0. The molecule has 0 aromatic heterocycles. The molecule has 1 rings (SSSR count). The van der Waals surface area contributed by atoms with Crippen molar-refractivity contribution in [2.24, 2.45) is 0 Å². The van der Waals surface area contributed by atoms with Crippen LogP contribution in [0.2, 0.25) is 0 Å². The molecule has 1 aromatic rings. The molecular formula is C15H23N. The lowest BCUT2D eigenvalue weighted by molar-refractivity contribution is 0.274. The van der Waals surface area contributed by atoms with E-state index in [1.807, 2.05) is 0 Å². The van der Waals surface area contributed by atoms with Gasteiger partial charge in [-0.1, -0.05) is 36.4 Å². The summed E-state index contributed by atoms with van der Waals surface area (Å²) in [5, 5.41) is 0. The number of benzene rings is 1. The average molecular weight is 217 g/mol. The first kappa shape index (κ1) is 12.8. The molecule has 1 aromatic carbocycles. The smallest absolute Gasteiger partial charge is 0.0401 e. The molecule has 0 aliphatic heterocycles. The summed E-state index contributed by atoms with van der Waals surface area (Å²) in [4.78, 5) is 2.45. The highest BCUT2D eigenvalue weighted by molar-refractivity contribution is 5.64. The van der Waals surface area contributed by atoms with Gasteiger partial charge in [0.2, 0.25) is 0 Å². The molecule has 0 amide bonds. The second-order valence-electron chi connectivity index (χ2n) is 4.63. The predicted molar refractivity (Wildman–Crippen MR) is 72.2 cm³/mol. The van der Waals surface area contributed by atoms with Crippen LogP contribution in [-0.4, -0.2) is 17.0 Å². The quantitative estimate of drug-likeness (QED) is 0.731. The van der Waals surface area contributed by atoms with Gasteiger partial charge in [0.1, 0.15) is 0 Å². The van der Waals surface area contributed by atoms with Gasteiger partial charge in [0.05, 0.1) is 0 Å². The number of hydrogen-bond acceptors (Lipinski definition) is 1. The fourth-order valence-electron chi connectivity index (χ4n) is 2.23. The zero-order valence-corrected chi connectivity index (χ0v) is 11.1. The maximum Gasteiger partial charge on any atom is 0.0401 e. The molecule has 88 valence electrons. The third-order valence-electron chi connectivity index (χ3n) is 2.73. The normalized spacial score (nSPS) is 12.3. The van der Waals surface area contributed by atoms with Crippen molar-refractivity contribution in [3.63, 3.8) is 0 Å². The van der Waals surface area contributed by atoms with Crippen molar-refractivity contribution in [2.75, 3.05) is 0 Å². The maximum atomic E-state index is 2.45. The number of hydrogen-bond donors (Lipinski definition) is 0. The Kier molecular flexibility index (Phi) is 4.60. The van der Waals surface area contributed by atoms with E-state index in [-0.39, 0.29) is 0 Å². The minimum absolute atomic E-state index is 0.520. The molecule has 0 fully saturated rings. The van der Waals surface area contributed by atoms with E-state index in [9.17, 15) is 0 Å². The lowest BCUT2D eigenvalue weighted by atomic mass is 10.1. The summed E-state index contributed by atoms with van der Waals surface area (Å²) < 4.78 is 0. The Morgan fingerprint density at radius 3 is 1.88 bits per heavy atom. The van der Waals surface area contributed by atoms with Gasteiger partial charge in [-0.15, -0.1) is 0 Å². The van der Waals surface area contributed by atoms with Crippen LogP contribution in [0.1, 0.15) is 40.2 Å². The Morgan fingerprint density at radius 2 is 1.50 bits per heavy atom. The van der Waals surface area contributed by atoms with Crippen molar-refractivity contribution < 1.29 is 0 Å². The largest absolute Gasteiger partial charge is 0.366 e. The van der Waals surface area contributed by atoms with Gasteiger partial charge in [0.15, 0.2) is 0 Å². The molecule has 0 N–H and O–H groups in total. The molecule has 0 radical (unpaired) electrons. The molecule has 0 heterocycles. The highest BCUT2D eigenvalue weighted by Crippen LogP contribution is 2.23. The van der Waals surface area contributed by atoms with Gasteiger partial charge in [0.25, 0.3) is 0 Å². The summed E-state index contributed by atoms with van der Waals surface area (Å²) in [5.74, 6) is 0. The van der Waals surface area contributed by atoms with Gasteiger partial charge in [-0.05, 0) is 40.2 Å². The second-order valence-corrected chi connectivity index (χ2v) is 4.63. The molecule has 0 saturated carbocycles. The van der Waals surface area contributed by atoms with Crippen LogP contribution < -0.4 is 0 Å². The fourth-order valence-corrected chi connectivity index (χ4v) is 2.23. The van der Waals surface area contributed by atoms with E-state index >= 15 is 0 Å². The lowest BCUT2D eigenvalue weighted by Gasteiger charge is -2.35. The van der Waals surface area contributed by atoms with E-state index in [2.05, 4.69) is 75.9 Å². The van der Waals surface area contributed by atoms with Gasteiger partial charge < -0.3 is 4.90 Å². The van der Waals surface area contributed by atoms with E-state index in [4.69, 9.17) is 0 Å².